The summed E-state index contributed by atoms with van der Waals surface area (Å²) in [5.74, 6) is 0.0109. The third-order valence-electron chi connectivity index (χ3n) is 1.53. The molecule has 0 spiro atoms. The number of halogens is 1. The molecule has 1 amide bonds. The van der Waals surface area contributed by atoms with Crippen molar-refractivity contribution in [2.45, 2.75) is 6.92 Å². The highest BCUT2D eigenvalue weighted by Crippen LogP contribution is 2.10. The van der Waals surface area contributed by atoms with Crippen LogP contribution >= 0.6 is 15.9 Å². The number of benzene rings is 1. The van der Waals surface area contributed by atoms with Gasteiger partial charge in [-0.15, -0.1) is 0 Å². The van der Waals surface area contributed by atoms with Crippen LogP contribution in [0.4, 0.5) is 10.5 Å². The van der Waals surface area contributed by atoms with E-state index in [2.05, 4.69) is 21.2 Å². The maximum absolute atomic E-state index is 10.9. The van der Waals surface area contributed by atoms with Crippen LogP contribution in [0.25, 0.3) is 0 Å². The molecule has 1 aromatic carbocycles. The molecular formula is C9H8BrNO2. The van der Waals surface area contributed by atoms with E-state index in [0.29, 0.717) is 11.3 Å². The van der Waals surface area contributed by atoms with Crippen LogP contribution in [-0.4, -0.2) is 10.6 Å². The van der Waals surface area contributed by atoms with Crippen molar-refractivity contribution >= 4 is 32.2 Å². The monoisotopic (exact) mass is 241 g/mol. The van der Waals surface area contributed by atoms with Gasteiger partial charge in [-0.05, 0) is 31.2 Å². The third kappa shape index (κ3) is 2.99. The molecule has 1 rings (SSSR count). The number of hydrogen-bond acceptors (Lipinski definition) is 2. The van der Waals surface area contributed by atoms with Gasteiger partial charge >= 0.3 is 0 Å². The second kappa shape index (κ2) is 4.18. The lowest BCUT2D eigenvalue weighted by Gasteiger charge is -2.00. The van der Waals surface area contributed by atoms with Crippen molar-refractivity contribution in [2.75, 3.05) is 5.32 Å². The summed E-state index contributed by atoms with van der Waals surface area (Å²) < 4.78 is 0. The Morgan fingerprint density at radius 2 is 1.77 bits per heavy atom. The van der Waals surface area contributed by atoms with E-state index < -0.39 is 0 Å². The maximum atomic E-state index is 10.9. The average Bonchev–Trinajstić information content (AvgIpc) is 2.04. The van der Waals surface area contributed by atoms with Crippen LogP contribution in [0.3, 0.4) is 0 Å². The second-order valence-electron chi connectivity index (χ2n) is 2.53. The van der Waals surface area contributed by atoms with Gasteiger partial charge in [-0.25, -0.2) is 0 Å². The van der Waals surface area contributed by atoms with Crippen molar-refractivity contribution in [2.24, 2.45) is 0 Å². The highest BCUT2D eigenvalue weighted by molar-refractivity contribution is 9.18. The molecule has 0 aliphatic heterocycles. The summed E-state index contributed by atoms with van der Waals surface area (Å²) in [4.78, 5) is 21.2. The lowest BCUT2D eigenvalue weighted by molar-refractivity contribution is 0.101. The Morgan fingerprint density at radius 1 is 1.23 bits per heavy atom. The molecule has 0 saturated carbocycles. The molecule has 0 heterocycles. The van der Waals surface area contributed by atoms with Crippen LogP contribution in [0, 0.1) is 0 Å². The van der Waals surface area contributed by atoms with E-state index in [1.807, 2.05) is 0 Å². The fourth-order valence-electron chi connectivity index (χ4n) is 0.902. The molecule has 1 aromatic rings. The zero-order chi connectivity index (χ0) is 9.84. The number of amides is 1. The summed E-state index contributed by atoms with van der Waals surface area (Å²) in [6, 6.07) is 6.69. The van der Waals surface area contributed by atoms with Gasteiger partial charge in [0.05, 0.1) is 0 Å². The molecule has 3 nitrogen and oxygen atoms in total. The molecule has 0 fully saturated rings. The van der Waals surface area contributed by atoms with Gasteiger partial charge in [0.15, 0.2) is 5.78 Å². The Kier molecular flexibility index (Phi) is 3.19. The molecule has 1 N–H and O–H groups in total. The minimum atomic E-state index is -0.303. The van der Waals surface area contributed by atoms with Gasteiger partial charge in [-0.2, -0.15) is 0 Å². The number of carbonyl (C=O) groups is 2. The van der Waals surface area contributed by atoms with E-state index in [4.69, 9.17) is 0 Å². The van der Waals surface area contributed by atoms with Crippen molar-refractivity contribution in [3.63, 3.8) is 0 Å². The highest BCUT2D eigenvalue weighted by atomic mass is 79.9. The third-order valence-corrected chi connectivity index (χ3v) is 1.73. The summed E-state index contributed by atoms with van der Waals surface area (Å²) in [5.41, 5.74) is 1.29. The summed E-state index contributed by atoms with van der Waals surface area (Å²) in [6.45, 7) is 1.50. The Balaban J connectivity index is 2.81. The molecule has 0 saturated heterocycles. The number of Topliss-reactive ketones (excluding diaryl/α,β-unsaturated/α-hetero) is 1. The molecule has 0 aromatic heterocycles. The minimum Gasteiger partial charge on any atom is -0.317 e. The molecule has 13 heavy (non-hydrogen) atoms. The molecule has 4 heteroatoms. The molecule has 68 valence electrons. The number of hydrogen-bond donors (Lipinski definition) is 1. The van der Waals surface area contributed by atoms with E-state index in [9.17, 15) is 9.59 Å². The van der Waals surface area contributed by atoms with E-state index in [0.717, 1.165) is 0 Å². The average molecular weight is 242 g/mol. The number of anilines is 1. The van der Waals surface area contributed by atoms with Gasteiger partial charge in [-0.1, -0.05) is 0 Å². The predicted molar refractivity (Wildman–Crippen MR) is 54.4 cm³/mol. The highest BCUT2D eigenvalue weighted by Gasteiger charge is 1.99. The topological polar surface area (TPSA) is 46.2 Å². The Hall–Kier alpha value is -1.16. The van der Waals surface area contributed by atoms with E-state index >= 15 is 0 Å². The number of carbonyl (C=O) groups excluding carboxylic acids is 2. The van der Waals surface area contributed by atoms with E-state index in [-0.39, 0.29) is 10.6 Å². The Labute approximate surface area is 84.3 Å². The summed E-state index contributed by atoms with van der Waals surface area (Å²) in [7, 11) is 0. The van der Waals surface area contributed by atoms with Crippen LogP contribution in [0.15, 0.2) is 24.3 Å². The lowest BCUT2D eigenvalue weighted by Crippen LogP contribution is -2.00. The predicted octanol–water partition coefficient (Wildman–Crippen LogP) is 2.82. The first-order chi connectivity index (χ1) is 6.09. The van der Waals surface area contributed by atoms with Gasteiger partial charge in [0.2, 0.25) is 0 Å². The largest absolute Gasteiger partial charge is 0.317 e. The first-order valence-corrected chi connectivity index (χ1v) is 4.46. The first-order valence-electron chi connectivity index (χ1n) is 3.67. The van der Waals surface area contributed by atoms with Crippen molar-refractivity contribution in [1.29, 1.82) is 0 Å². The van der Waals surface area contributed by atoms with Crippen LogP contribution in [0.5, 0.6) is 0 Å². The van der Waals surface area contributed by atoms with Gasteiger partial charge < -0.3 is 5.32 Å². The number of nitrogens with one attached hydrogen (secondary N) is 1. The van der Waals surface area contributed by atoms with Crippen molar-refractivity contribution < 1.29 is 9.59 Å². The SMILES string of the molecule is CC(=O)c1ccc(NC(=O)Br)cc1. The maximum Gasteiger partial charge on any atom is 0.291 e. The number of rotatable bonds is 2. The normalized spacial score (nSPS) is 9.38. The van der Waals surface area contributed by atoms with Gasteiger partial charge in [0.1, 0.15) is 0 Å². The molecule has 0 radical (unpaired) electrons. The second-order valence-corrected chi connectivity index (χ2v) is 3.25. The first kappa shape index (κ1) is 9.92. The van der Waals surface area contributed by atoms with Crippen molar-refractivity contribution in [1.82, 2.24) is 0 Å². The fraction of sp³-hybridized carbons (Fsp3) is 0.111. The van der Waals surface area contributed by atoms with Crippen LogP contribution in [-0.2, 0) is 0 Å². The summed E-state index contributed by atoms with van der Waals surface area (Å²) in [6.07, 6.45) is 0. The quantitative estimate of drug-likeness (QED) is 0.492. The molecular weight excluding hydrogens is 234 g/mol. The van der Waals surface area contributed by atoms with Crippen LogP contribution < -0.4 is 5.32 Å². The zero-order valence-corrected chi connectivity index (χ0v) is 8.59. The lowest BCUT2D eigenvalue weighted by atomic mass is 10.1. The Bertz CT molecular complexity index is 332. The van der Waals surface area contributed by atoms with Crippen molar-refractivity contribution in [3.8, 4) is 0 Å². The van der Waals surface area contributed by atoms with E-state index in [1.165, 1.54) is 6.92 Å². The van der Waals surface area contributed by atoms with Gasteiger partial charge in [-0.3, -0.25) is 9.59 Å². The molecule has 0 atom stereocenters. The molecule has 0 aliphatic rings. The van der Waals surface area contributed by atoms with Gasteiger partial charge in [0, 0.05) is 27.2 Å². The number of ketones is 1. The smallest absolute Gasteiger partial charge is 0.291 e. The van der Waals surface area contributed by atoms with Gasteiger partial charge in [0.25, 0.3) is 4.82 Å². The minimum absolute atomic E-state index is 0.0109. The standard InChI is InChI=1S/C9H8BrNO2/c1-6(12)7-2-4-8(5-3-7)11-9(10)13/h2-5H,1H3,(H,11,13). The Morgan fingerprint density at radius 3 is 2.15 bits per heavy atom. The molecule has 0 bridgehead atoms. The van der Waals surface area contributed by atoms with Crippen LogP contribution in [0.2, 0.25) is 0 Å². The van der Waals surface area contributed by atoms with E-state index in [1.54, 1.807) is 24.3 Å². The van der Waals surface area contributed by atoms with Crippen molar-refractivity contribution in [3.05, 3.63) is 29.8 Å². The molecule has 0 unspecified atom stereocenters. The molecule has 0 aliphatic carbocycles. The zero-order valence-electron chi connectivity index (χ0n) is 7.00. The summed E-state index contributed by atoms with van der Waals surface area (Å²) >= 11 is 2.74. The van der Waals surface area contributed by atoms with Crippen LogP contribution in [0.1, 0.15) is 17.3 Å². The summed E-state index contributed by atoms with van der Waals surface area (Å²) in [5, 5.41) is 2.54. The fourth-order valence-corrected chi connectivity index (χ4v) is 1.13.